The summed E-state index contributed by atoms with van der Waals surface area (Å²) in [4.78, 5) is 3.70. The van der Waals surface area contributed by atoms with Crippen molar-refractivity contribution in [2.75, 3.05) is 6.61 Å². The van der Waals surface area contributed by atoms with Gasteiger partial charge in [0.1, 0.15) is 10.8 Å². The third-order valence-corrected chi connectivity index (χ3v) is 2.78. The van der Waals surface area contributed by atoms with Crippen molar-refractivity contribution < 1.29 is 13.9 Å². The molecule has 1 heterocycles. The molecule has 2 rings (SSSR count). The molecular weight excluding hydrogens is 248 g/mol. The molecule has 0 fully saturated rings. The number of aromatic nitrogens is 1. The monoisotopic (exact) mass is 257 g/mol. The number of halogens is 3. The maximum Gasteiger partial charge on any atom is 0.291 e. The first kappa shape index (κ1) is 12.2. The van der Waals surface area contributed by atoms with Crippen LogP contribution in [-0.2, 0) is 5.92 Å². The van der Waals surface area contributed by atoms with Gasteiger partial charge in [-0.1, -0.05) is 35.9 Å². The molecule has 17 heavy (non-hydrogen) atoms. The first-order chi connectivity index (χ1) is 8.04. The smallest absolute Gasteiger partial charge is 0.291 e. The molecule has 0 unspecified atom stereocenters. The topological polar surface area (TPSA) is 33.1 Å². The van der Waals surface area contributed by atoms with Crippen molar-refractivity contribution in [3.63, 3.8) is 0 Å². The summed E-state index contributed by atoms with van der Waals surface area (Å²) in [5.41, 5.74) is -0.407. The van der Waals surface area contributed by atoms with Crippen LogP contribution in [0.1, 0.15) is 12.1 Å². The second-order valence-electron chi connectivity index (χ2n) is 3.70. The highest BCUT2D eigenvalue weighted by Gasteiger charge is 2.33. The Morgan fingerprint density at radius 3 is 2.71 bits per heavy atom. The zero-order chi connectivity index (χ0) is 12.5. The molecule has 0 radical (unpaired) electrons. The van der Waals surface area contributed by atoms with Crippen LogP contribution in [0.5, 0.6) is 0 Å². The Bertz CT molecular complexity index is 545. The molecule has 0 saturated carbocycles. The van der Waals surface area contributed by atoms with E-state index in [1.54, 1.807) is 24.3 Å². The molecule has 0 saturated heterocycles. The molecule has 1 N–H and O–H groups in total. The van der Waals surface area contributed by atoms with E-state index < -0.39 is 24.6 Å². The third kappa shape index (κ3) is 2.37. The standard InChI is InChI=1S/C12H10ClF2NO/c13-11-9-4-2-1-3-8(9)7-10(16-11)12(14,15)5-6-17/h1-4,7,17H,5-6H2. The van der Waals surface area contributed by atoms with Crippen molar-refractivity contribution in [2.45, 2.75) is 12.3 Å². The van der Waals surface area contributed by atoms with E-state index >= 15 is 0 Å². The number of alkyl halides is 2. The molecule has 1 aromatic carbocycles. The van der Waals surface area contributed by atoms with Crippen LogP contribution >= 0.6 is 11.6 Å². The minimum Gasteiger partial charge on any atom is -0.396 e. The predicted octanol–water partition coefficient (Wildman–Crippen LogP) is 3.36. The van der Waals surface area contributed by atoms with Crippen molar-refractivity contribution in [3.05, 3.63) is 41.2 Å². The van der Waals surface area contributed by atoms with Gasteiger partial charge in [-0.2, -0.15) is 8.78 Å². The molecule has 0 amide bonds. The van der Waals surface area contributed by atoms with Gasteiger partial charge < -0.3 is 5.11 Å². The van der Waals surface area contributed by atoms with E-state index in [1.165, 1.54) is 6.07 Å². The lowest BCUT2D eigenvalue weighted by Gasteiger charge is -2.15. The van der Waals surface area contributed by atoms with E-state index in [-0.39, 0.29) is 5.15 Å². The minimum atomic E-state index is -3.16. The van der Waals surface area contributed by atoms with Gasteiger partial charge in [0, 0.05) is 18.4 Å². The number of nitrogens with zero attached hydrogens (tertiary/aromatic N) is 1. The van der Waals surface area contributed by atoms with Crippen LogP contribution in [0.2, 0.25) is 5.15 Å². The van der Waals surface area contributed by atoms with Crippen LogP contribution in [0.25, 0.3) is 10.8 Å². The number of hydrogen-bond acceptors (Lipinski definition) is 2. The highest BCUT2D eigenvalue weighted by atomic mass is 35.5. The fourth-order valence-electron chi connectivity index (χ4n) is 1.61. The average molecular weight is 258 g/mol. The Morgan fingerprint density at radius 1 is 1.29 bits per heavy atom. The van der Waals surface area contributed by atoms with Gasteiger partial charge in [0.2, 0.25) is 0 Å². The number of fused-ring (bicyclic) bond motifs is 1. The van der Waals surface area contributed by atoms with E-state index in [4.69, 9.17) is 16.7 Å². The molecule has 0 aliphatic heterocycles. The van der Waals surface area contributed by atoms with Gasteiger partial charge in [-0.15, -0.1) is 0 Å². The number of hydrogen-bond donors (Lipinski definition) is 1. The maximum absolute atomic E-state index is 13.6. The predicted molar refractivity (Wildman–Crippen MR) is 62.3 cm³/mol. The lowest BCUT2D eigenvalue weighted by molar-refractivity contribution is -0.0308. The zero-order valence-electron chi connectivity index (χ0n) is 8.83. The van der Waals surface area contributed by atoms with Gasteiger partial charge >= 0.3 is 0 Å². The Balaban J connectivity index is 2.57. The number of aliphatic hydroxyl groups excluding tert-OH is 1. The van der Waals surface area contributed by atoms with E-state index in [2.05, 4.69) is 4.98 Å². The third-order valence-electron chi connectivity index (χ3n) is 2.49. The molecule has 0 bridgehead atoms. The minimum absolute atomic E-state index is 0.0516. The summed E-state index contributed by atoms with van der Waals surface area (Å²) in [5, 5.41) is 9.90. The van der Waals surface area contributed by atoms with Gasteiger partial charge in [-0.3, -0.25) is 0 Å². The Labute approximate surface area is 102 Å². The van der Waals surface area contributed by atoms with Crippen LogP contribution in [0.15, 0.2) is 30.3 Å². The van der Waals surface area contributed by atoms with Gasteiger partial charge in [-0.05, 0) is 11.5 Å². The van der Waals surface area contributed by atoms with Crippen LogP contribution in [0.3, 0.4) is 0 Å². The van der Waals surface area contributed by atoms with Crippen molar-refractivity contribution >= 4 is 22.4 Å². The summed E-state index contributed by atoms with van der Waals surface area (Å²) in [6, 6.07) is 8.23. The summed E-state index contributed by atoms with van der Waals surface area (Å²) < 4.78 is 27.2. The van der Waals surface area contributed by atoms with Crippen molar-refractivity contribution in [2.24, 2.45) is 0 Å². The molecule has 1 aromatic heterocycles. The highest BCUT2D eigenvalue weighted by Crippen LogP contribution is 2.33. The van der Waals surface area contributed by atoms with E-state index in [9.17, 15) is 8.78 Å². The van der Waals surface area contributed by atoms with Crippen molar-refractivity contribution in [1.82, 2.24) is 4.98 Å². The summed E-state index contributed by atoms with van der Waals surface area (Å²) in [7, 11) is 0. The van der Waals surface area contributed by atoms with Crippen LogP contribution in [0, 0.1) is 0 Å². The summed E-state index contributed by atoms with van der Waals surface area (Å²) in [6.07, 6.45) is -0.658. The van der Waals surface area contributed by atoms with E-state index in [1.807, 2.05) is 0 Å². The number of aliphatic hydroxyl groups is 1. The second kappa shape index (κ2) is 4.55. The maximum atomic E-state index is 13.6. The van der Waals surface area contributed by atoms with Gasteiger partial charge in [0.05, 0.1) is 0 Å². The van der Waals surface area contributed by atoms with E-state index in [0.717, 1.165) is 0 Å². The zero-order valence-corrected chi connectivity index (χ0v) is 9.59. The second-order valence-corrected chi connectivity index (χ2v) is 4.06. The van der Waals surface area contributed by atoms with Gasteiger partial charge in [0.25, 0.3) is 5.92 Å². The molecule has 5 heteroatoms. The van der Waals surface area contributed by atoms with Crippen molar-refractivity contribution in [1.29, 1.82) is 0 Å². The molecule has 2 nitrogen and oxygen atoms in total. The fourth-order valence-corrected chi connectivity index (χ4v) is 1.88. The van der Waals surface area contributed by atoms with Crippen LogP contribution in [-0.4, -0.2) is 16.7 Å². The van der Waals surface area contributed by atoms with Crippen LogP contribution in [0.4, 0.5) is 8.78 Å². The number of pyridine rings is 1. The quantitative estimate of drug-likeness (QED) is 0.856. The molecule has 2 aromatic rings. The number of rotatable bonds is 3. The van der Waals surface area contributed by atoms with Crippen LogP contribution < -0.4 is 0 Å². The summed E-state index contributed by atoms with van der Waals surface area (Å²) in [6.45, 7) is -0.598. The molecule has 0 aliphatic rings. The molecule has 0 aliphatic carbocycles. The highest BCUT2D eigenvalue weighted by molar-refractivity contribution is 6.34. The summed E-state index contributed by atoms with van der Waals surface area (Å²) >= 11 is 5.86. The Hall–Kier alpha value is -1.26. The normalized spacial score (nSPS) is 12.0. The van der Waals surface area contributed by atoms with E-state index in [0.29, 0.717) is 10.8 Å². The summed E-state index contributed by atoms with van der Waals surface area (Å²) in [5.74, 6) is -3.16. The molecular formula is C12H10ClF2NO. The Morgan fingerprint density at radius 2 is 2.00 bits per heavy atom. The largest absolute Gasteiger partial charge is 0.396 e. The lowest BCUT2D eigenvalue weighted by Crippen LogP contribution is -2.17. The Kier molecular flexibility index (Phi) is 3.26. The van der Waals surface area contributed by atoms with Gasteiger partial charge in [-0.25, -0.2) is 4.98 Å². The number of benzene rings is 1. The molecule has 90 valence electrons. The average Bonchev–Trinajstić information content (AvgIpc) is 2.29. The fraction of sp³-hybridized carbons (Fsp3) is 0.250. The molecule has 0 spiro atoms. The first-order valence-electron chi connectivity index (χ1n) is 5.09. The first-order valence-corrected chi connectivity index (χ1v) is 5.47. The molecule has 0 atom stereocenters. The SMILES string of the molecule is OCCC(F)(F)c1cc2ccccc2c(Cl)n1. The van der Waals surface area contributed by atoms with Gasteiger partial charge in [0.15, 0.2) is 0 Å². The van der Waals surface area contributed by atoms with Crippen molar-refractivity contribution in [3.8, 4) is 0 Å². The lowest BCUT2D eigenvalue weighted by atomic mass is 10.1.